The molecule has 0 saturated heterocycles. The molecule has 2 rings (SSSR count). The fourth-order valence-electron chi connectivity index (χ4n) is 2.74. The summed E-state index contributed by atoms with van der Waals surface area (Å²) in [6.45, 7) is 4.79. The van der Waals surface area contributed by atoms with E-state index in [1.165, 1.54) is 0 Å². The number of benzene rings is 2. The van der Waals surface area contributed by atoms with Crippen LogP contribution in [-0.4, -0.2) is 35.1 Å². The van der Waals surface area contributed by atoms with Crippen LogP contribution in [0.25, 0.3) is 0 Å². The third kappa shape index (κ3) is 8.03. The van der Waals surface area contributed by atoms with E-state index >= 15 is 0 Å². The van der Waals surface area contributed by atoms with E-state index in [1.807, 2.05) is 55.5 Å². The van der Waals surface area contributed by atoms with Crippen molar-refractivity contribution in [3.05, 3.63) is 63.6 Å². The van der Waals surface area contributed by atoms with Crippen LogP contribution in [0.2, 0.25) is 5.02 Å². The third-order valence-corrected chi connectivity index (χ3v) is 6.12. The number of hydrogen-bond acceptors (Lipinski definition) is 3. The maximum atomic E-state index is 13.0. The van der Waals surface area contributed by atoms with Crippen LogP contribution in [0.1, 0.15) is 32.3 Å². The first-order valence-electron chi connectivity index (χ1n) is 9.60. The molecular weight excluding hydrogens is 472 g/mol. The zero-order chi connectivity index (χ0) is 21.2. The Kier molecular flexibility index (Phi) is 10.0. The van der Waals surface area contributed by atoms with Gasteiger partial charge in [-0.15, -0.1) is 11.8 Å². The maximum Gasteiger partial charge on any atom is 0.242 e. The lowest BCUT2D eigenvalue weighted by Crippen LogP contribution is -2.47. The smallest absolute Gasteiger partial charge is 0.242 e. The minimum atomic E-state index is -0.534. The monoisotopic (exact) mass is 496 g/mol. The van der Waals surface area contributed by atoms with Gasteiger partial charge in [0.25, 0.3) is 0 Å². The Bertz CT molecular complexity index is 817. The number of hydrogen-bond donors (Lipinski definition) is 1. The van der Waals surface area contributed by atoms with Crippen LogP contribution in [0.15, 0.2) is 57.9 Å². The number of thioether (sulfide) groups is 1. The lowest BCUT2D eigenvalue weighted by Gasteiger charge is -2.29. The number of carbonyl (C=O) groups is 2. The predicted molar refractivity (Wildman–Crippen MR) is 124 cm³/mol. The van der Waals surface area contributed by atoms with E-state index in [-0.39, 0.29) is 11.8 Å². The molecule has 4 nitrogen and oxygen atoms in total. The second kappa shape index (κ2) is 12.3. The average molecular weight is 498 g/mol. The highest BCUT2D eigenvalue weighted by atomic mass is 79.9. The Hall–Kier alpha value is -1.50. The van der Waals surface area contributed by atoms with Gasteiger partial charge in [-0.1, -0.05) is 46.6 Å². The number of rotatable bonds is 10. The van der Waals surface area contributed by atoms with E-state index < -0.39 is 6.04 Å². The number of nitrogens with one attached hydrogen (secondary N) is 1. The average Bonchev–Trinajstić information content (AvgIpc) is 2.71. The SMILES string of the molecule is CCCNC(=O)C(C)N(Cc1cccc(Br)c1)C(=O)CCSc1ccc(Cl)cc1. The third-order valence-electron chi connectivity index (χ3n) is 4.36. The highest BCUT2D eigenvalue weighted by Crippen LogP contribution is 2.22. The number of halogens is 2. The predicted octanol–water partition coefficient (Wildman–Crippen LogP) is 5.53. The molecule has 1 atom stereocenters. The number of nitrogens with zero attached hydrogens (tertiary/aromatic N) is 1. The van der Waals surface area contributed by atoms with Crippen molar-refractivity contribution in [2.24, 2.45) is 0 Å². The minimum Gasteiger partial charge on any atom is -0.354 e. The van der Waals surface area contributed by atoms with Gasteiger partial charge in [-0.05, 0) is 55.3 Å². The molecule has 156 valence electrons. The van der Waals surface area contributed by atoms with Crippen molar-refractivity contribution in [2.45, 2.75) is 44.2 Å². The largest absolute Gasteiger partial charge is 0.354 e. The molecule has 0 fully saturated rings. The second-order valence-electron chi connectivity index (χ2n) is 6.67. The Labute approximate surface area is 190 Å². The fourth-order valence-corrected chi connectivity index (χ4v) is 4.15. The summed E-state index contributed by atoms with van der Waals surface area (Å²) in [7, 11) is 0. The molecule has 0 bridgehead atoms. The number of amides is 2. The Morgan fingerprint density at radius 2 is 1.93 bits per heavy atom. The molecule has 0 spiro atoms. The van der Waals surface area contributed by atoms with Crippen LogP contribution in [0.4, 0.5) is 0 Å². The van der Waals surface area contributed by atoms with Crippen molar-refractivity contribution >= 4 is 51.1 Å². The molecule has 2 aromatic rings. The summed E-state index contributed by atoms with van der Waals surface area (Å²) < 4.78 is 0.948. The Morgan fingerprint density at radius 3 is 2.59 bits per heavy atom. The summed E-state index contributed by atoms with van der Waals surface area (Å²) in [6, 6.07) is 14.8. The summed E-state index contributed by atoms with van der Waals surface area (Å²) in [5.74, 6) is 0.477. The molecule has 0 radical (unpaired) electrons. The normalized spacial score (nSPS) is 11.7. The van der Waals surface area contributed by atoms with Gasteiger partial charge in [0.1, 0.15) is 6.04 Å². The first-order chi connectivity index (χ1) is 13.9. The standard InChI is InChI=1S/C22H26BrClN2O2S/c1-3-12-25-22(28)16(2)26(15-17-5-4-6-18(23)14-17)21(27)11-13-29-20-9-7-19(24)8-10-20/h4-10,14,16H,3,11-13,15H2,1-2H3,(H,25,28). The zero-order valence-electron chi connectivity index (χ0n) is 16.7. The summed E-state index contributed by atoms with van der Waals surface area (Å²) in [5, 5.41) is 3.58. The molecule has 0 aliphatic rings. The van der Waals surface area contributed by atoms with Gasteiger partial charge in [0.05, 0.1) is 0 Å². The Morgan fingerprint density at radius 1 is 1.21 bits per heavy atom. The van der Waals surface area contributed by atoms with E-state index in [0.29, 0.717) is 30.3 Å². The molecule has 0 heterocycles. The van der Waals surface area contributed by atoms with Crippen LogP contribution in [0, 0.1) is 0 Å². The minimum absolute atomic E-state index is 0.0365. The van der Waals surface area contributed by atoms with Crippen molar-refractivity contribution < 1.29 is 9.59 Å². The van der Waals surface area contributed by atoms with Gasteiger partial charge in [-0.25, -0.2) is 0 Å². The molecule has 0 aliphatic heterocycles. The van der Waals surface area contributed by atoms with Gasteiger partial charge in [0, 0.05) is 39.7 Å². The van der Waals surface area contributed by atoms with Crippen LogP contribution < -0.4 is 5.32 Å². The highest BCUT2D eigenvalue weighted by Gasteiger charge is 2.25. The van der Waals surface area contributed by atoms with E-state index in [0.717, 1.165) is 21.4 Å². The van der Waals surface area contributed by atoms with E-state index in [2.05, 4.69) is 21.2 Å². The van der Waals surface area contributed by atoms with Crippen LogP contribution in [-0.2, 0) is 16.1 Å². The lowest BCUT2D eigenvalue weighted by atomic mass is 10.1. The summed E-state index contributed by atoms with van der Waals surface area (Å²) in [6.07, 6.45) is 1.21. The number of carbonyl (C=O) groups excluding carboxylic acids is 2. The van der Waals surface area contributed by atoms with Gasteiger partial charge >= 0.3 is 0 Å². The van der Waals surface area contributed by atoms with Gasteiger partial charge in [0.2, 0.25) is 11.8 Å². The molecule has 0 aliphatic carbocycles. The quantitative estimate of drug-likeness (QED) is 0.439. The van der Waals surface area contributed by atoms with Crippen molar-refractivity contribution in [2.75, 3.05) is 12.3 Å². The molecule has 0 saturated carbocycles. The van der Waals surface area contributed by atoms with Crippen molar-refractivity contribution in [1.82, 2.24) is 10.2 Å². The molecule has 2 aromatic carbocycles. The first kappa shape index (κ1) is 23.8. The van der Waals surface area contributed by atoms with Crippen molar-refractivity contribution in [3.8, 4) is 0 Å². The molecular formula is C22H26BrClN2O2S. The molecule has 2 amide bonds. The molecule has 1 unspecified atom stereocenters. The van der Waals surface area contributed by atoms with Crippen LogP contribution in [0.3, 0.4) is 0 Å². The summed E-state index contributed by atoms with van der Waals surface area (Å²) in [4.78, 5) is 28.2. The Balaban J connectivity index is 2.04. The van der Waals surface area contributed by atoms with Gasteiger partial charge in [-0.2, -0.15) is 0 Å². The topological polar surface area (TPSA) is 49.4 Å². The maximum absolute atomic E-state index is 13.0. The van der Waals surface area contributed by atoms with Gasteiger partial charge in [0.15, 0.2) is 0 Å². The van der Waals surface area contributed by atoms with Gasteiger partial charge in [-0.3, -0.25) is 9.59 Å². The molecule has 29 heavy (non-hydrogen) atoms. The van der Waals surface area contributed by atoms with Gasteiger partial charge < -0.3 is 10.2 Å². The fraction of sp³-hybridized carbons (Fsp3) is 0.364. The summed E-state index contributed by atoms with van der Waals surface area (Å²) >= 11 is 11.0. The lowest BCUT2D eigenvalue weighted by molar-refractivity contribution is -0.140. The van der Waals surface area contributed by atoms with E-state index in [9.17, 15) is 9.59 Å². The molecule has 7 heteroatoms. The zero-order valence-corrected chi connectivity index (χ0v) is 19.8. The van der Waals surface area contributed by atoms with E-state index in [1.54, 1.807) is 23.6 Å². The first-order valence-corrected chi connectivity index (χ1v) is 11.8. The second-order valence-corrected chi connectivity index (χ2v) is 9.19. The van der Waals surface area contributed by atoms with E-state index in [4.69, 9.17) is 11.6 Å². The molecule has 1 N–H and O–H groups in total. The van der Waals surface area contributed by atoms with Crippen molar-refractivity contribution in [3.63, 3.8) is 0 Å². The summed E-state index contributed by atoms with van der Waals surface area (Å²) in [5.41, 5.74) is 0.980. The van der Waals surface area contributed by atoms with Crippen molar-refractivity contribution in [1.29, 1.82) is 0 Å². The van der Waals surface area contributed by atoms with Crippen LogP contribution >= 0.6 is 39.3 Å². The highest BCUT2D eigenvalue weighted by molar-refractivity contribution is 9.10. The molecule has 0 aromatic heterocycles. The van der Waals surface area contributed by atoms with Crippen LogP contribution in [0.5, 0.6) is 0 Å².